The number of piperidine rings is 1. The van der Waals surface area contributed by atoms with Gasteiger partial charge in [-0.1, -0.05) is 31.1 Å². The van der Waals surface area contributed by atoms with Crippen LogP contribution in [0.15, 0.2) is 28.8 Å². The highest BCUT2D eigenvalue weighted by atomic mass is 16.5. The second kappa shape index (κ2) is 8.34. The molecule has 1 unspecified atom stereocenters. The second-order valence-electron chi connectivity index (χ2n) is 7.24. The maximum Gasteiger partial charge on any atom is 0.231 e. The van der Waals surface area contributed by atoms with E-state index < -0.39 is 0 Å². The summed E-state index contributed by atoms with van der Waals surface area (Å²) in [4.78, 5) is 18.7. The standard InChI is InChI=1S/C20H27N3O3/c1-14(2)20(24)23-10-5-7-16(13-23)19-21-18(22-26-19)9-11-25-17-8-4-6-15(3)12-17/h4,6,8,12,14,16H,5,7,9-11,13H2,1-3H3. The lowest BCUT2D eigenvalue weighted by Crippen LogP contribution is -2.41. The molecule has 0 N–H and O–H groups in total. The molecule has 6 nitrogen and oxygen atoms in total. The zero-order chi connectivity index (χ0) is 18.5. The molecular formula is C20H27N3O3. The van der Waals surface area contributed by atoms with Gasteiger partial charge in [-0.2, -0.15) is 4.98 Å². The van der Waals surface area contributed by atoms with E-state index in [2.05, 4.69) is 10.1 Å². The molecule has 2 aromatic rings. The fourth-order valence-corrected chi connectivity index (χ4v) is 3.24. The number of rotatable bonds is 6. The minimum atomic E-state index is 0.0192. The lowest BCUT2D eigenvalue weighted by molar-refractivity contribution is -0.135. The number of hydrogen-bond donors (Lipinski definition) is 0. The Morgan fingerprint density at radius 1 is 1.42 bits per heavy atom. The van der Waals surface area contributed by atoms with E-state index in [4.69, 9.17) is 9.26 Å². The predicted octanol–water partition coefficient (Wildman–Crippen LogP) is 3.36. The summed E-state index contributed by atoms with van der Waals surface area (Å²) in [6, 6.07) is 7.96. The Hall–Kier alpha value is -2.37. The summed E-state index contributed by atoms with van der Waals surface area (Å²) in [5.41, 5.74) is 1.17. The first-order valence-corrected chi connectivity index (χ1v) is 9.33. The van der Waals surface area contributed by atoms with Gasteiger partial charge in [-0.3, -0.25) is 4.79 Å². The first kappa shape index (κ1) is 18.4. The van der Waals surface area contributed by atoms with E-state index in [0.29, 0.717) is 31.3 Å². The van der Waals surface area contributed by atoms with Crippen molar-refractivity contribution >= 4 is 5.91 Å². The molecule has 1 aromatic heterocycles. The molecular weight excluding hydrogens is 330 g/mol. The molecule has 0 radical (unpaired) electrons. The third-order valence-electron chi connectivity index (χ3n) is 4.64. The van der Waals surface area contributed by atoms with Crippen LogP contribution in [0.2, 0.25) is 0 Å². The smallest absolute Gasteiger partial charge is 0.231 e. The highest BCUT2D eigenvalue weighted by Crippen LogP contribution is 2.26. The normalized spacial score (nSPS) is 17.5. The number of carbonyl (C=O) groups is 1. The summed E-state index contributed by atoms with van der Waals surface area (Å²) in [5, 5.41) is 4.08. The van der Waals surface area contributed by atoms with E-state index in [9.17, 15) is 4.79 Å². The summed E-state index contributed by atoms with van der Waals surface area (Å²) >= 11 is 0. The SMILES string of the molecule is Cc1cccc(OCCc2noc(C3CCCN(C(=O)C(C)C)C3)n2)c1. The lowest BCUT2D eigenvalue weighted by Gasteiger charge is -2.32. The number of hydrogen-bond acceptors (Lipinski definition) is 5. The summed E-state index contributed by atoms with van der Waals surface area (Å²) < 4.78 is 11.2. The number of carbonyl (C=O) groups excluding carboxylic acids is 1. The van der Waals surface area contributed by atoms with Crippen molar-refractivity contribution in [2.45, 2.75) is 46.0 Å². The lowest BCUT2D eigenvalue weighted by atomic mass is 9.97. The molecule has 140 valence electrons. The Balaban J connectivity index is 1.53. The molecule has 1 atom stereocenters. The van der Waals surface area contributed by atoms with Crippen LogP contribution in [0.1, 0.15) is 49.9 Å². The van der Waals surface area contributed by atoms with E-state index in [1.165, 1.54) is 5.56 Å². The van der Waals surface area contributed by atoms with Gasteiger partial charge in [0.1, 0.15) is 5.75 Å². The van der Waals surface area contributed by atoms with Crippen molar-refractivity contribution in [3.63, 3.8) is 0 Å². The molecule has 1 saturated heterocycles. The van der Waals surface area contributed by atoms with Crippen molar-refractivity contribution < 1.29 is 14.1 Å². The summed E-state index contributed by atoms with van der Waals surface area (Å²) in [6.45, 7) is 7.90. The molecule has 6 heteroatoms. The fraction of sp³-hybridized carbons (Fsp3) is 0.550. The van der Waals surface area contributed by atoms with Crippen molar-refractivity contribution in [2.24, 2.45) is 5.92 Å². The zero-order valence-corrected chi connectivity index (χ0v) is 15.8. The second-order valence-corrected chi connectivity index (χ2v) is 7.24. The van der Waals surface area contributed by atoms with E-state index in [-0.39, 0.29) is 17.7 Å². The first-order valence-electron chi connectivity index (χ1n) is 9.33. The van der Waals surface area contributed by atoms with Gasteiger partial charge in [0, 0.05) is 25.4 Å². The van der Waals surface area contributed by atoms with Crippen LogP contribution >= 0.6 is 0 Å². The van der Waals surface area contributed by atoms with Crippen LogP contribution in [0.3, 0.4) is 0 Å². The molecule has 1 amide bonds. The Labute approximate surface area is 154 Å². The number of nitrogens with zero attached hydrogens (tertiary/aromatic N) is 3. The van der Waals surface area contributed by atoms with Crippen LogP contribution in [0, 0.1) is 12.8 Å². The molecule has 0 aliphatic carbocycles. The topological polar surface area (TPSA) is 68.5 Å². The van der Waals surface area contributed by atoms with Crippen LogP contribution in [0.5, 0.6) is 5.75 Å². The number of amides is 1. The largest absolute Gasteiger partial charge is 0.493 e. The zero-order valence-electron chi connectivity index (χ0n) is 15.8. The van der Waals surface area contributed by atoms with Crippen LogP contribution in [0.25, 0.3) is 0 Å². The van der Waals surface area contributed by atoms with Gasteiger partial charge >= 0.3 is 0 Å². The highest BCUT2D eigenvalue weighted by Gasteiger charge is 2.29. The molecule has 0 saturated carbocycles. The molecule has 1 aliphatic rings. The van der Waals surface area contributed by atoms with Crippen LogP contribution < -0.4 is 4.74 Å². The van der Waals surface area contributed by atoms with E-state index in [1.54, 1.807) is 0 Å². The van der Waals surface area contributed by atoms with Crippen molar-refractivity contribution in [2.75, 3.05) is 19.7 Å². The Kier molecular flexibility index (Phi) is 5.91. The molecule has 1 aromatic carbocycles. The van der Waals surface area contributed by atoms with Gasteiger partial charge in [0.25, 0.3) is 0 Å². The summed E-state index contributed by atoms with van der Waals surface area (Å²) in [6.07, 6.45) is 2.54. The Bertz CT molecular complexity index is 741. The van der Waals surface area contributed by atoms with E-state index >= 15 is 0 Å². The van der Waals surface area contributed by atoms with Crippen LogP contribution in [-0.2, 0) is 11.2 Å². The molecule has 0 bridgehead atoms. The molecule has 3 rings (SSSR count). The number of ether oxygens (including phenoxy) is 1. The van der Waals surface area contributed by atoms with E-state index in [1.807, 2.05) is 49.9 Å². The minimum absolute atomic E-state index is 0.0192. The van der Waals surface area contributed by atoms with Crippen LogP contribution in [-0.4, -0.2) is 40.6 Å². The maximum atomic E-state index is 12.2. The van der Waals surface area contributed by atoms with Crippen molar-refractivity contribution in [1.29, 1.82) is 0 Å². The van der Waals surface area contributed by atoms with Crippen molar-refractivity contribution in [3.8, 4) is 5.75 Å². The van der Waals surface area contributed by atoms with Crippen molar-refractivity contribution in [1.82, 2.24) is 15.0 Å². The monoisotopic (exact) mass is 357 g/mol. The Morgan fingerprint density at radius 2 is 2.27 bits per heavy atom. The predicted molar refractivity (Wildman–Crippen MR) is 98.1 cm³/mol. The number of likely N-dealkylation sites (tertiary alicyclic amines) is 1. The maximum absolute atomic E-state index is 12.2. The average molecular weight is 357 g/mol. The third kappa shape index (κ3) is 4.62. The van der Waals surface area contributed by atoms with Gasteiger partial charge in [0.15, 0.2) is 5.82 Å². The van der Waals surface area contributed by atoms with Crippen LogP contribution in [0.4, 0.5) is 0 Å². The fourth-order valence-electron chi connectivity index (χ4n) is 3.24. The minimum Gasteiger partial charge on any atom is -0.493 e. The summed E-state index contributed by atoms with van der Waals surface area (Å²) in [7, 11) is 0. The van der Waals surface area contributed by atoms with E-state index in [0.717, 1.165) is 25.1 Å². The van der Waals surface area contributed by atoms with Gasteiger partial charge < -0.3 is 14.2 Å². The number of aromatic nitrogens is 2. The molecule has 1 aliphatic heterocycles. The van der Waals surface area contributed by atoms with Gasteiger partial charge in [-0.15, -0.1) is 0 Å². The molecule has 0 spiro atoms. The van der Waals surface area contributed by atoms with Gasteiger partial charge in [0.05, 0.1) is 12.5 Å². The first-order chi connectivity index (χ1) is 12.5. The third-order valence-corrected chi connectivity index (χ3v) is 4.64. The summed E-state index contributed by atoms with van der Waals surface area (Å²) in [5.74, 6) is 2.48. The van der Waals surface area contributed by atoms with Gasteiger partial charge in [-0.25, -0.2) is 0 Å². The average Bonchev–Trinajstić information content (AvgIpc) is 3.10. The molecule has 2 heterocycles. The Morgan fingerprint density at radius 3 is 3.04 bits per heavy atom. The quantitative estimate of drug-likeness (QED) is 0.793. The molecule has 26 heavy (non-hydrogen) atoms. The molecule has 1 fully saturated rings. The number of benzene rings is 1. The van der Waals surface area contributed by atoms with Crippen molar-refractivity contribution in [3.05, 3.63) is 41.5 Å². The number of aryl methyl sites for hydroxylation is 1. The van der Waals surface area contributed by atoms with Gasteiger partial charge in [0.2, 0.25) is 11.8 Å². The highest BCUT2D eigenvalue weighted by molar-refractivity contribution is 5.78. The van der Waals surface area contributed by atoms with Gasteiger partial charge in [-0.05, 0) is 37.5 Å².